The number of amides is 2. The SMILES string of the molecule is CNC(=O)c1ccc(CN(C)C(=O)c2cc(-c3ccccc3)nc3c2cnn3Cc2ccccc2)cc1. The van der Waals surface area contributed by atoms with Crippen LogP contribution in [0.3, 0.4) is 0 Å². The van der Waals surface area contributed by atoms with Gasteiger partial charge in [0.1, 0.15) is 0 Å². The fraction of sp³-hybridized carbons (Fsp3) is 0.133. The molecule has 0 saturated heterocycles. The van der Waals surface area contributed by atoms with Crippen LogP contribution in [-0.2, 0) is 13.1 Å². The van der Waals surface area contributed by atoms with E-state index in [4.69, 9.17) is 4.98 Å². The van der Waals surface area contributed by atoms with Crippen LogP contribution >= 0.6 is 0 Å². The molecule has 37 heavy (non-hydrogen) atoms. The Morgan fingerprint density at radius 1 is 0.892 bits per heavy atom. The summed E-state index contributed by atoms with van der Waals surface area (Å²) in [6, 6.07) is 29.0. The van der Waals surface area contributed by atoms with Crippen molar-refractivity contribution in [2.75, 3.05) is 14.1 Å². The number of nitrogens with one attached hydrogen (secondary N) is 1. The number of aromatic nitrogens is 3. The van der Waals surface area contributed by atoms with Gasteiger partial charge >= 0.3 is 0 Å². The summed E-state index contributed by atoms with van der Waals surface area (Å²) in [6.45, 7) is 0.951. The molecule has 0 aliphatic heterocycles. The number of rotatable bonds is 7. The van der Waals surface area contributed by atoms with Crippen LogP contribution in [0.2, 0.25) is 0 Å². The van der Waals surface area contributed by atoms with Crippen LogP contribution in [0.1, 0.15) is 31.8 Å². The lowest BCUT2D eigenvalue weighted by atomic mass is 10.1. The van der Waals surface area contributed by atoms with Gasteiger partial charge in [0.05, 0.1) is 29.4 Å². The topological polar surface area (TPSA) is 80.1 Å². The van der Waals surface area contributed by atoms with Gasteiger partial charge in [0.25, 0.3) is 11.8 Å². The second-order valence-electron chi connectivity index (χ2n) is 8.88. The van der Waals surface area contributed by atoms with Crippen LogP contribution in [-0.4, -0.2) is 45.6 Å². The molecule has 0 bridgehead atoms. The molecular weight excluding hydrogens is 462 g/mol. The molecular formula is C30H27N5O2. The number of hydrogen-bond donors (Lipinski definition) is 1. The largest absolute Gasteiger partial charge is 0.355 e. The van der Waals surface area contributed by atoms with E-state index in [9.17, 15) is 9.59 Å². The minimum absolute atomic E-state index is 0.126. The summed E-state index contributed by atoms with van der Waals surface area (Å²) in [5.41, 5.74) is 5.47. The van der Waals surface area contributed by atoms with Crippen molar-refractivity contribution in [2.45, 2.75) is 13.1 Å². The molecule has 5 rings (SSSR count). The van der Waals surface area contributed by atoms with Gasteiger partial charge in [-0.2, -0.15) is 5.10 Å². The molecule has 1 N–H and O–H groups in total. The van der Waals surface area contributed by atoms with Crippen LogP contribution in [0.4, 0.5) is 0 Å². The zero-order valence-electron chi connectivity index (χ0n) is 20.8. The van der Waals surface area contributed by atoms with E-state index in [0.29, 0.717) is 35.2 Å². The van der Waals surface area contributed by atoms with E-state index in [0.717, 1.165) is 22.4 Å². The van der Waals surface area contributed by atoms with Gasteiger partial charge < -0.3 is 10.2 Å². The van der Waals surface area contributed by atoms with Crippen molar-refractivity contribution in [3.05, 3.63) is 119 Å². The van der Waals surface area contributed by atoms with E-state index in [-0.39, 0.29) is 11.8 Å². The summed E-state index contributed by atoms with van der Waals surface area (Å²) < 4.78 is 1.84. The van der Waals surface area contributed by atoms with Crippen molar-refractivity contribution in [1.82, 2.24) is 25.0 Å². The van der Waals surface area contributed by atoms with Gasteiger partial charge in [-0.15, -0.1) is 0 Å². The lowest BCUT2D eigenvalue weighted by Crippen LogP contribution is -2.26. The van der Waals surface area contributed by atoms with E-state index in [1.165, 1.54) is 0 Å². The Kier molecular flexibility index (Phi) is 6.76. The quantitative estimate of drug-likeness (QED) is 0.357. The second kappa shape index (κ2) is 10.5. The van der Waals surface area contributed by atoms with Crippen LogP contribution in [0.15, 0.2) is 97.2 Å². The highest BCUT2D eigenvalue weighted by atomic mass is 16.2. The molecule has 0 radical (unpaired) electrons. The first-order chi connectivity index (χ1) is 18.0. The van der Waals surface area contributed by atoms with Crippen molar-refractivity contribution in [3.63, 3.8) is 0 Å². The normalized spacial score (nSPS) is 10.9. The summed E-state index contributed by atoms with van der Waals surface area (Å²) in [4.78, 5) is 32.2. The molecule has 0 unspecified atom stereocenters. The minimum atomic E-state index is -0.142. The number of fused-ring (bicyclic) bond motifs is 1. The molecule has 0 atom stereocenters. The molecule has 7 heteroatoms. The number of hydrogen-bond acceptors (Lipinski definition) is 4. The fourth-order valence-corrected chi connectivity index (χ4v) is 4.31. The number of pyridine rings is 1. The summed E-state index contributed by atoms with van der Waals surface area (Å²) in [7, 11) is 3.38. The van der Waals surface area contributed by atoms with Gasteiger partial charge in [-0.25, -0.2) is 9.67 Å². The van der Waals surface area contributed by atoms with E-state index in [2.05, 4.69) is 10.4 Å². The van der Waals surface area contributed by atoms with Gasteiger partial charge in [-0.1, -0.05) is 72.8 Å². The van der Waals surface area contributed by atoms with Crippen LogP contribution < -0.4 is 5.32 Å². The van der Waals surface area contributed by atoms with Crippen molar-refractivity contribution in [3.8, 4) is 11.3 Å². The maximum Gasteiger partial charge on any atom is 0.254 e. The summed E-state index contributed by atoms with van der Waals surface area (Å²) >= 11 is 0. The van der Waals surface area contributed by atoms with E-state index in [1.807, 2.05) is 83.5 Å². The van der Waals surface area contributed by atoms with Crippen molar-refractivity contribution < 1.29 is 9.59 Å². The highest BCUT2D eigenvalue weighted by Gasteiger charge is 2.21. The second-order valence-corrected chi connectivity index (χ2v) is 8.88. The zero-order valence-corrected chi connectivity index (χ0v) is 20.8. The molecule has 3 aromatic carbocycles. The number of benzene rings is 3. The average Bonchev–Trinajstić information content (AvgIpc) is 3.35. The van der Waals surface area contributed by atoms with Crippen LogP contribution in [0.25, 0.3) is 22.3 Å². The monoisotopic (exact) mass is 489 g/mol. The highest BCUT2D eigenvalue weighted by Crippen LogP contribution is 2.26. The number of nitrogens with zero attached hydrogens (tertiary/aromatic N) is 4. The van der Waals surface area contributed by atoms with Gasteiger partial charge in [0, 0.05) is 31.8 Å². The predicted molar refractivity (Wildman–Crippen MR) is 144 cm³/mol. The summed E-state index contributed by atoms with van der Waals surface area (Å²) in [5, 5.41) is 7.92. The van der Waals surface area contributed by atoms with Gasteiger partial charge in [0.2, 0.25) is 0 Å². The Morgan fingerprint density at radius 3 is 2.24 bits per heavy atom. The standard InChI is InChI=1S/C30H27N5O2/c1-31-29(36)24-15-13-22(14-16-24)19-34(2)30(37)25-17-27(23-11-7-4-8-12-23)33-28-26(25)18-32-35(28)20-21-9-5-3-6-10-21/h3-18H,19-20H2,1-2H3,(H,31,36). The van der Waals surface area contributed by atoms with Gasteiger partial charge in [0.15, 0.2) is 5.65 Å². The Morgan fingerprint density at radius 2 is 1.57 bits per heavy atom. The average molecular weight is 490 g/mol. The zero-order chi connectivity index (χ0) is 25.8. The highest BCUT2D eigenvalue weighted by molar-refractivity contribution is 6.06. The molecule has 184 valence electrons. The lowest BCUT2D eigenvalue weighted by Gasteiger charge is -2.19. The first kappa shape index (κ1) is 23.9. The summed E-state index contributed by atoms with van der Waals surface area (Å²) in [5.74, 6) is -0.268. The van der Waals surface area contributed by atoms with Crippen molar-refractivity contribution in [1.29, 1.82) is 0 Å². The minimum Gasteiger partial charge on any atom is -0.355 e. The smallest absolute Gasteiger partial charge is 0.254 e. The molecule has 2 aromatic heterocycles. The fourth-order valence-electron chi connectivity index (χ4n) is 4.31. The van der Waals surface area contributed by atoms with E-state index < -0.39 is 0 Å². The van der Waals surface area contributed by atoms with Crippen LogP contribution in [0.5, 0.6) is 0 Å². The third-order valence-electron chi connectivity index (χ3n) is 6.29. The molecule has 0 spiro atoms. The number of carbonyl (C=O) groups excluding carboxylic acids is 2. The molecule has 2 heterocycles. The molecule has 0 fully saturated rings. The molecule has 2 amide bonds. The number of carbonyl (C=O) groups is 2. The Labute approximate surface area is 215 Å². The van der Waals surface area contributed by atoms with Crippen LogP contribution in [0, 0.1) is 0 Å². The molecule has 0 saturated carbocycles. The lowest BCUT2D eigenvalue weighted by molar-refractivity contribution is 0.0786. The Bertz CT molecular complexity index is 1540. The first-order valence-electron chi connectivity index (χ1n) is 12.1. The summed E-state index contributed by atoms with van der Waals surface area (Å²) in [6.07, 6.45) is 1.72. The van der Waals surface area contributed by atoms with Gasteiger partial charge in [-0.3, -0.25) is 9.59 Å². The van der Waals surface area contributed by atoms with E-state index in [1.54, 1.807) is 37.3 Å². The Balaban J connectivity index is 1.50. The predicted octanol–water partition coefficient (Wildman–Crippen LogP) is 4.78. The third kappa shape index (κ3) is 5.11. The molecule has 7 nitrogen and oxygen atoms in total. The molecule has 0 aliphatic rings. The first-order valence-corrected chi connectivity index (χ1v) is 12.1. The van der Waals surface area contributed by atoms with Crippen molar-refractivity contribution >= 4 is 22.8 Å². The van der Waals surface area contributed by atoms with Gasteiger partial charge in [-0.05, 0) is 29.3 Å². The molecule has 0 aliphatic carbocycles. The maximum atomic E-state index is 13.7. The Hall–Kier alpha value is -4.78. The van der Waals surface area contributed by atoms with E-state index >= 15 is 0 Å². The molecule has 5 aromatic rings. The maximum absolute atomic E-state index is 13.7. The van der Waals surface area contributed by atoms with Crippen molar-refractivity contribution in [2.24, 2.45) is 0 Å². The third-order valence-corrected chi connectivity index (χ3v) is 6.29.